The summed E-state index contributed by atoms with van der Waals surface area (Å²) in [6, 6.07) is 8.52. The molecule has 106 valence electrons. The van der Waals surface area contributed by atoms with Crippen molar-refractivity contribution in [1.29, 1.82) is 0 Å². The fourth-order valence-electron chi connectivity index (χ4n) is 1.85. The average molecular weight is 304 g/mol. The van der Waals surface area contributed by atoms with Gasteiger partial charge in [-0.15, -0.1) is 0 Å². The summed E-state index contributed by atoms with van der Waals surface area (Å²) in [6.07, 6.45) is 3.07. The maximum Gasteiger partial charge on any atom is 0.363 e. The van der Waals surface area contributed by atoms with Gasteiger partial charge < -0.3 is 13.9 Å². The van der Waals surface area contributed by atoms with Crippen LogP contribution in [0.3, 0.4) is 0 Å². The van der Waals surface area contributed by atoms with Gasteiger partial charge in [0, 0.05) is 0 Å². The predicted molar refractivity (Wildman–Crippen MR) is 77.3 cm³/mol. The number of cyclic esters (lactones) is 1. The lowest BCUT2D eigenvalue weighted by molar-refractivity contribution is -0.130. The molecule has 0 atom stereocenters. The Morgan fingerprint density at radius 3 is 2.86 bits per heavy atom. The number of aliphatic imine (C=N–C) groups is 1. The van der Waals surface area contributed by atoms with Crippen molar-refractivity contribution in [2.75, 3.05) is 7.11 Å². The van der Waals surface area contributed by atoms with Crippen LogP contribution < -0.4 is 4.74 Å². The van der Waals surface area contributed by atoms with Crippen molar-refractivity contribution >= 4 is 29.5 Å². The van der Waals surface area contributed by atoms with E-state index in [4.69, 9.17) is 25.5 Å². The molecule has 21 heavy (non-hydrogen) atoms. The van der Waals surface area contributed by atoms with E-state index in [1.807, 2.05) is 0 Å². The Bertz CT molecular complexity index is 747. The highest BCUT2D eigenvalue weighted by Gasteiger charge is 2.25. The summed E-state index contributed by atoms with van der Waals surface area (Å²) < 4.78 is 15.3. The highest BCUT2D eigenvalue weighted by atomic mass is 35.5. The first kappa shape index (κ1) is 13.5. The maximum absolute atomic E-state index is 11.8. The molecule has 2 aromatic rings. The molecule has 0 spiro atoms. The number of nitrogens with zero attached hydrogens (tertiary/aromatic N) is 1. The zero-order chi connectivity index (χ0) is 14.8. The third-order valence-corrected chi connectivity index (χ3v) is 3.13. The molecule has 3 rings (SSSR count). The van der Waals surface area contributed by atoms with Crippen molar-refractivity contribution in [2.24, 2.45) is 4.99 Å². The van der Waals surface area contributed by atoms with E-state index in [1.54, 1.807) is 36.4 Å². The minimum Gasteiger partial charge on any atom is -0.495 e. The van der Waals surface area contributed by atoms with Gasteiger partial charge in [-0.1, -0.05) is 17.7 Å². The van der Waals surface area contributed by atoms with Crippen molar-refractivity contribution in [3.8, 4) is 5.75 Å². The Morgan fingerprint density at radius 2 is 2.19 bits per heavy atom. The van der Waals surface area contributed by atoms with E-state index in [1.165, 1.54) is 13.4 Å². The number of carbonyl (C=O) groups is 1. The van der Waals surface area contributed by atoms with E-state index in [-0.39, 0.29) is 11.6 Å². The van der Waals surface area contributed by atoms with Gasteiger partial charge in [-0.2, -0.15) is 0 Å². The first-order valence-corrected chi connectivity index (χ1v) is 6.45. The van der Waals surface area contributed by atoms with Gasteiger partial charge in [-0.3, -0.25) is 0 Å². The second kappa shape index (κ2) is 5.46. The molecule has 0 aliphatic carbocycles. The fraction of sp³-hybridized carbons (Fsp3) is 0.0667. The molecule has 6 heteroatoms. The number of hydrogen-bond acceptors (Lipinski definition) is 5. The van der Waals surface area contributed by atoms with E-state index < -0.39 is 5.97 Å². The van der Waals surface area contributed by atoms with Crippen LogP contribution in [0, 0.1) is 0 Å². The number of halogens is 1. The normalized spacial score (nSPS) is 16.0. The molecule has 0 unspecified atom stereocenters. The summed E-state index contributed by atoms with van der Waals surface area (Å²) >= 11 is 6.04. The van der Waals surface area contributed by atoms with Crippen LogP contribution >= 0.6 is 11.6 Å². The topological polar surface area (TPSA) is 61.0 Å². The third-order valence-electron chi connectivity index (χ3n) is 2.83. The Balaban J connectivity index is 1.92. The van der Waals surface area contributed by atoms with Crippen LogP contribution in [0.5, 0.6) is 5.75 Å². The molecule has 1 aromatic carbocycles. The lowest BCUT2D eigenvalue weighted by Gasteiger charge is -2.03. The van der Waals surface area contributed by atoms with Crippen molar-refractivity contribution in [3.05, 3.63) is 58.6 Å². The standard InChI is InChI=1S/C15H10ClNO4/c1-19-12-5-4-9(7-10(12)16)8-11-15(18)21-14(17-11)13-3-2-6-20-13/h2-8H,1H3/b11-8-. The Morgan fingerprint density at radius 1 is 1.33 bits per heavy atom. The molecular weight excluding hydrogens is 294 g/mol. The largest absolute Gasteiger partial charge is 0.495 e. The summed E-state index contributed by atoms with van der Waals surface area (Å²) in [6.45, 7) is 0. The summed E-state index contributed by atoms with van der Waals surface area (Å²) in [5, 5.41) is 0.452. The number of carbonyl (C=O) groups excluding carboxylic acids is 1. The Labute approximate surface area is 125 Å². The molecule has 0 saturated heterocycles. The van der Waals surface area contributed by atoms with E-state index in [0.717, 1.165) is 5.56 Å². The van der Waals surface area contributed by atoms with Gasteiger partial charge >= 0.3 is 5.97 Å². The minimum absolute atomic E-state index is 0.149. The van der Waals surface area contributed by atoms with Crippen molar-refractivity contribution in [2.45, 2.75) is 0 Å². The molecule has 0 fully saturated rings. The molecule has 0 N–H and O–H groups in total. The zero-order valence-electron chi connectivity index (χ0n) is 11.0. The van der Waals surface area contributed by atoms with Gasteiger partial charge in [0.2, 0.25) is 0 Å². The lowest BCUT2D eigenvalue weighted by Crippen LogP contribution is -2.04. The van der Waals surface area contributed by atoms with Gasteiger partial charge in [0.15, 0.2) is 11.5 Å². The molecule has 1 aliphatic rings. The van der Waals surface area contributed by atoms with Crippen LogP contribution in [0.4, 0.5) is 0 Å². The number of ether oxygens (including phenoxy) is 2. The van der Waals surface area contributed by atoms with Crippen LogP contribution in [-0.2, 0) is 9.53 Å². The van der Waals surface area contributed by atoms with E-state index in [2.05, 4.69) is 4.99 Å². The summed E-state index contributed by atoms with van der Waals surface area (Å²) in [4.78, 5) is 15.9. The molecule has 1 aromatic heterocycles. The van der Waals surface area contributed by atoms with Gasteiger partial charge in [-0.25, -0.2) is 9.79 Å². The quantitative estimate of drug-likeness (QED) is 0.645. The summed E-state index contributed by atoms with van der Waals surface area (Å²) in [7, 11) is 1.54. The second-order valence-electron chi connectivity index (χ2n) is 4.21. The van der Waals surface area contributed by atoms with Crippen molar-refractivity contribution in [1.82, 2.24) is 0 Å². The minimum atomic E-state index is -0.534. The average Bonchev–Trinajstić information content (AvgIpc) is 3.10. The Kier molecular flexibility index (Phi) is 3.50. The highest BCUT2D eigenvalue weighted by molar-refractivity contribution is 6.32. The molecule has 5 nitrogen and oxygen atoms in total. The van der Waals surface area contributed by atoms with Gasteiger partial charge in [-0.05, 0) is 35.9 Å². The fourth-order valence-corrected chi connectivity index (χ4v) is 2.11. The number of benzene rings is 1. The molecule has 0 amide bonds. The Hall–Kier alpha value is -2.53. The third kappa shape index (κ3) is 2.68. The monoisotopic (exact) mass is 303 g/mol. The maximum atomic E-state index is 11.8. The number of methoxy groups -OCH3 is 1. The van der Waals surface area contributed by atoms with E-state index >= 15 is 0 Å². The number of esters is 1. The summed E-state index contributed by atoms with van der Waals surface area (Å²) in [5.41, 5.74) is 0.903. The molecular formula is C15H10ClNO4. The van der Waals surface area contributed by atoms with Crippen molar-refractivity contribution in [3.63, 3.8) is 0 Å². The van der Waals surface area contributed by atoms with Crippen LogP contribution in [0.2, 0.25) is 5.02 Å². The second-order valence-corrected chi connectivity index (χ2v) is 4.61. The zero-order valence-corrected chi connectivity index (χ0v) is 11.8. The number of furan rings is 1. The van der Waals surface area contributed by atoms with Gasteiger partial charge in [0.25, 0.3) is 5.90 Å². The van der Waals surface area contributed by atoms with Crippen molar-refractivity contribution < 1.29 is 18.7 Å². The van der Waals surface area contributed by atoms with Crippen LogP contribution in [0.25, 0.3) is 6.08 Å². The molecule has 2 heterocycles. The first-order valence-electron chi connectivity index (χ1n) is 6.07. The number of rotatable bonds is 3. The van der Waals surface area contributed by atoms with Gasteiger partial charge in [0.05, 0.1) is 18.4 Å². The molecule has 0 bridgehead atoms. The van der Waals surface area contributed by atoms with Crippen LogP contribution in [0.1, 0.15) is 11.3 Å². The SMILES string of the molecule is COc1ccc(/C=C2\N=C(c3ccco3)OC2=O)cc1Cl. The van der Waals surface area contributed by atoms with E-state index in [0.29, 0.717) is 16.5 Å². The highest BCUT2D eigenvalue weighted by Crippen LogP contribution is 2.27. The molecule has 0 saturated carbocycles. The number of hydrogen-bond donors (Lipinski definition) is 0. The molecule has 0 radical (unpaired) electrons. The van der Waals surface area contributed by atoms with Crippen LogP contribution in [-0.4, -0.2) is 19.0 Å². The summed E-state index contributed by atoms with van der Waals surface area (Å²) in [5.74, 6) is 0.580. The van der Waals surface area contributed by atoms with E-state index in [9.17, 15) is 4.79 Å². The van der Waals surface area contributed by atoms with Gasteiger partial charge in [0.1, 0.15) is 5.75 Å². The molecule has 1 aliphatic heterocycles. The lowest BCUT2D eigenvalue weighted by atomic mass is 10.2. The predicted octanol–water partition coefficient (Wildman–Crippen LogP) is 3.29. The smallest absolute Gasteiger partial charge is 0.363 e. The first-order chi connectivity index (χ1) is 10.2. The van der Waals surface area contributed by atoms with Crippen LogP contribution in [0.15, 0.2) is 51.7 Å².